The topological polar surface area (TPSA) is 81.2 Å². The third kappa shape index (κ3) is 4.63. The van der Waals surface area contributed by atoms with Crippen molar-refractivity contribution >= 4 is 23.2 Å². The van der Waals surface area contributed by atoms with Crippen LogP contribution in [0.1, 0.15) is 12.1 Å². The minimum absolute atomic E-state index is 0.0569. The van der Waals surface area contributed by atoms with Crippen LogP contribution in [0.5, 0.6) is 0 Å². The zero-order valence-electron chi connectivity index (χ0n) is 12.5. The van der Waals surface area contributed by atoms with E-state index in [0.29, 0.717) is 5.69 Å². The summed E-state index contributed by atoms with van der Waals surface area (Å²) in [4.78, 5) is 32.1. The van der Waals surface area contributed by atoms with Gasteiger partial charge in [0, 0.05) is 18.0 Å². The highest BCUT2D eigenvalue weighted by atomic mass is 32.1. The van der Waals surface area contributed by atoms with E-state index in [9.17, 15) is 9.59 Å². The van der Waals surface area contributed by atoms with Crippen molar-refractivity contribution in [2.75, 3.05) is 7.11 Å². The van der Waals surface area contributed by atoms with E-state index in [4.69, 9.17) is 6.42 Å². The molecule has 0 radical (unpaired) electrons. The Balaban J connectivity index is 1.99. The van der Waals surface area contributed by atoms with Gasteiger partial charge in [-0.15, -0.1) is 23.7 Å². The Labute approximate surface area is 137 Å². The van der Waals surface area contributed by atoms with Crippen molar-refractivity contribution in [3.05, 3.63) is 35.5 Å². The monoisotopic (exact) mass is 329 g/mol. The van der Waals surface area contributed by atoms with Crippen LogP contribution in [0, 0.1) is 12.3 Å². The van der Waals surface area contributed by atoms with Gasteiger partial charge < -0.3 is 10.1 Å². The molecule has 0 aliphatic carbocycles. The first-order valence-corrected chi connectivity index (χ1v) is 7.68. The summed E-state index contributed by atoms with van der Waals surface area (Å²) in [7, 11) is 1.25. The Bertz CT molecular complexity index is 722. The highest BCUT2D eigenvalue weighted by Crippen LogP contribution is 2.21. The number of methoxy groups -OCH3 is 1. The quantitative estimate of drug-likeness (QED) is 0.640. The zero-order chi connectivity index (χ0) is 16.7. The van der Waals surface area contributed by atoms with Gasteiger partial charge in [0.15, 0.2) is 0 Å². The molecule has 0 aliphatic rings. The van der Waals surface area contributed by atoms with Gasteiger partial charge in [0.2, 0.25) is 5.91 Å². The van der Waals surface area contributed by atoms with Crippen LogP contribution in [-0.2, 0) is 20.7 Å². The van der Waals surface area contributed by atoms with Crippen LogP contribution < -0.4 is 5.32 Å². The Morgan fingerprint density at radius 1 is 1.48 bits per heavy atom. The van der Waals surface area contributed by atoms with Gasteiger partial charge in [-0.25, -0.2) is 9.78 Å². The molecule has 0 saturated heterocycles. The van der Waals surface area contributed by atoms with Crippen LogP contribution >= 0.6 is 11.3 Å². The highest BCUT2D eigenvalue weighted by Gasteiger charge is 2.21. The van der Waals surface area contributed by atoms with Crippen molar-refractivity contribution in [3.63, 3.8) is 0 Å². The van der Waals surface area contributed by atoms with Gasteiger partial charge in [-0.05, 0) is 12.1 Å². The van der Waals surface area contributed by atoms with E-state index in [-0.39, 0.29) is 18.7 Å². The summed E-state index contributed by atoms with van der Waals surface area (Å²) in [6.07, 6.45) is 7.01. The Morgan fingerprint density at radius 3 is 2.96 bits per heavy atom. The SMILES string of the molecule is C#CCC(NC(=O)Cc1csc(-c2ccccn2)n1)C(=O)OC. The number of amides is 1. The first-order chi connectivity index (χ1) is 11.1. The second-order valence-corrected chi connectivity index (χ2v) is 5.45. The zero-order valence-corrected chi connectivity index (χ0v) is 13.3. The number of ether oxygens (including phenoxy) is 1. The summed E-state index contributed by atoms with van der Waals surface area (Å²) in [6.45, 7) is 0. The van der Waals surface area contributed by atoms with Gasteiger partial charge in [0.1, 0.15) is 11.0 Å². The molecule has 1 amide bonds. The summed E-state index contributed by atoms with van der Waals surface area (Å²) in [5.41, 5.74) is 1.36. The van der Waals surface area contributed by atoms with Crippen LogP contribution in [-0.4, -0.2) is 35.0 Å². The summed E-state index contributed by atoms with van der Waals surface area (Å²) in [5.74, 6) is 1.44. The van der Waals surface area contributed by atoms with Gasteiger partial charge >= 0.3 is 5.97 Å². The summed E-state index contributed by atoms with van der Waals surface area (Å²) >= 11 is 1.41. The Hall–Kier alpha value is -2.72. The number of nitrogens with zero attached hydrogens (tertiary/aromatic N) is 2. The third-order valence-electron chi connectivity index (χ3n) is 2.92. The number of aromatic nitrogens is 2. The molecule has 0 saturated carbocycles. The number of hydrogen-bond donors (Lipinski definition) is 1. The van der Waals surface area contributed by atoms with E-state index in [2.05, 4.69) is 25.9 Å². The largest absolute Gasteiger partial charge is 0.467 e. The molecule has 23 heavy (non-hydrogen) atoms. The number of pyridine rings is 1. The molecule has 1 unspecified atom stereocenters. The lowest BCUT2D eigenvalue weighted by molar-refractivity contribution is -0.144. The fourth-order valence-corrected chi connectivity index (χ4v) is 2.65. The molecule has 2 heterocycles. The molecule has 0 bridgehead atoms. The molecule has 1 atom stereocenters. The fourth-order valence-electron chi connectivity index (χ4n) is 1.86. The van der Waals surface area contributed by atoms with Crippen molar-refractivity contribution in [2.24, 2.45) is 0 Å². The lowest BCUT2D eigenvalue weighted by Crippen LogP contribution is -2.42. The van der Waals surface area contributed by atoms with Crippen LogP contribution in [0.15, 0.2) is 29.8 Å². The molecule has 1 N–H and O–H groups in total. The van der Waals surface area contributed by atoms with Crippen LogP contribution in [0.4, 0.5) is 0 Å². The van der Waals surface area contributed by atoms with E-state index in [1.807, 2.05) is 18.2 Å². The molecule has 0 aromatic carbocycles. The number of thiazole rings is 1. The molecular formula is C16H15N3O3S. The van der Waals surface area contributed by atoms with Gasteiger partial charge in [0.05, 0.1) is 24.9 Å². The molecule has 0 spiro atoms. The molecular weight excluding hydrogens is 314 g/mol. The van der Waals surface area contributed by atoms with Crippen molar-refractivity contribution in [1.82, 2.24) is 15.3 Å². The van der Waals surface area contributed by atoms with Crippen molar-refractivity contribution in [3.8, 4) is 23.0 Å². The number of esters is 1. The minimum atomic E-state index is -0.841. The summed E-state index contributed by atoms with van der Waals surface area (Å²) in [5, 5.41) is 5.09. The number of nitrogens with one attached hydrogen (secondary N) is 1. The molecule has 0 aliphatic heterocycles. The maximum Gasteiger partial charge on any atom is 0.329 e. The van der Waals surface area contributed by atoms with E-state index in [1.165, 1.54) is 18.4 Å². The highest BCUT2D eigenvalue weighted by molar-refractivity contribution is 7.13. The van der Waals surface area contributed by atoms with E-state index in [1.54, 1.807) is 11.6 Å². The van der Waals surface area contributed by atoms with Gasteiger partial charge in [-0.1, -0.05) is 6.07 Å². The van der Waals surface area contributed by atoms with E-state index < -0.39 is 12.0 Å². The van der Waals surface area contributed by atoms with Gasteiger partial charge in [-0.3, -0.25) is 9.78 Å². The third-order valence-corrected chi connectivity index (χ3v) is 3.83. The average molecular weight is 329 g/mol. The first-order valence-electron chi connectivity index (χ1n) is 6.80. The van der Waals surface area contributed by atoms with Crippen molar-refractivity contribution in [1.29, 1.82) is 0 Å². The summed E-state index contributed by atoms with van der Waals surface area (Å²) in [6, 6.07) is 4.70. The van der Waals surface area contributed by atoms with Crippen LogP contribution in [0.2, 0.25) is 0 Å². The van der Waals surface area contributed by atoms with Crippen LogP contribution in [0.3, 0.4) is 0 Å². The molecule has 118 valence electrons. The predicted molar refractivity (Wildman–Crippen MR) is 86.4 cm³/mol. The maximum absolute atomic E-state index is 12.0. The van der Waals surface area contributed by atoms with E-state index >= 15 is 0 Å². The predicted octanol–water partition coefficient (Wildman–Crippen LogP) is 1.43. The molecule has 2 aromatic heterocycles. The number of terminal acetylenes is 1. The van der Waals surface area contributed by atoms with Gasteiger partial charge in [0.25, 0.3) is 0 Å². The maximum atomic E-state index is 12.0. The normalized spacial score (nSPS) is 11.3. The van der Waals surface area contributed by atoms with Gasteiger partial charge in [-0.2, -0.15) is 0 Å². The fraction of sp³-hybridized carbons (Fsp3) is 0.250. The standard InChI is InChI=1S/C16H15N3O3S/c1-3-6-13(16(21)22-2)19-14(20)9-11-10-23-15(18-11)12-7-4-5-8-17-12/h1,4-5,7-8,10,13H,6,9H2,2H3,(H,19,20). The second kappa shape index (κ2) is 8.06. The summed E-state index contributed by atoms with van der Waals surface area (Å²) < 4.78 is 4.61. The number of rotatable bonds is 6. The average Bonchev–Trinajstić information content (AvgIpc) is 3.03. The Morgan fingerprint density at radius 2 is 2.30 bits per heavy atom. The molecule has 2 aromatic rings. The van der Waals surface area contributed by atoms with Crippen molar-refractivity contribution in [2.45, 2.75) is 18.9 Å². The lowest BCUT2D eigenvalue weighted by Gasteiger charge is -2.13. The van der Waals surface area contributed by atoms with Crippen LogP contribution in [0.25, 0.3) is 10.7 Å². The molecule has 2 rings (SSSR count). The minimum Gasteiger partial charge on any atom is -0.467 e. The second-order valence-electron chi connectivity index (χ2n) is 4.59. The molecule has 6 nitrogen and oxygen atoms in total. The Kier molecular flexibility index (Phi) is 5.83. The smallest absolute Gasteiger partial charge is 0.329 e. The van der Waals surface area contributed by atoms with Crippen molar-refractivity contribution < 1.29 is 14.3 Å². The number of carbonyl (C=O) groups is 2. The first kappa shape index (κ1) is 16.6. The molecule has 7 heteroatoms. The number of carbonyl (C=O) groups excluding carboxylic acids is 2. The lowest BCUT2D eigenvalue weighted by atomic mass is 10.2. The number of hydrogen-bond acceptors (Lipinski definition) is 6. The van der Waals surface area contributed by atoms with E-state index in [0.717, 1.165) is 10.7 Å². The molecule has 0 fully saturated rings.